The highest BCUT2D eigenvalue weighted by Crippen LogP contribution is 2.15. The summed E-state index contributed by atoms with van der Waals surface area (Å²) < 4.78 is 0. The molecule has 1 aliphatic rings. The molecule has 1 aliphatic heterocycles. The lowest BCUT2D eigenvalue weighted by molar-refractivity contribution is 0.794. The topological polar surface area (TPSA) is 49.0 Å². The number of hydrogen-bond acceptors (Lipinski definition) is 4. The highest BCUT2D eigenvalue weighted by Gasteiger charge is 2.15. The molecule has 0 aromatic carbocycles. The predicted octanol–water partition coefficient (Wildman–Crippen LogP) is 1.19. The Balaban J connectivity index is 2.33. The predicted molar refractivity (Wildman–Crippen MR) is 68.5 cm³/mol. The molecule has 0 spiro atoms. The fourth-order valence-corrected chi connectivity index (χ4v) is 2.74. The summed E-state index contributed by atoms with van der Waals surface area (Å²) in [5, 5.41) is 0. The van der Waals surface area contributed by atoms with E-state index in [0.29, 0.717) is 0 Å². The molecule has 1 fully saturated rings. The van der Waals surface area contributed by atoms with Gasteiger partial charge in [0.25, 0.3) is 5.56 Å². The molecule has 2 heterocycles. The second kappa shape index (κ2) is 4.91. The molecule has 0 saturated carbocycles. The first-order valence-corrected chi connectivity index (χ1v) is 6.80. The fraction of sp³-hybridized carbons (Fsp3) is 0.636. The maximum Gasteiger partial charge on any atom is 0.255 e. The van der Waals surface area contributed by atoms with Gasteiger partial charge < -0.3 is 4.90 Å². The van der Waals surface area contributed by atoms with Crippen LogP contribution >= 0.6 is 11.8 Å². The number of nitrogens with one attached hydrogen (secondary N) is 1. The summed E-state index contributed by atoms with van der Waals surface area (Å²) in [6.45, 7) is 5.81. The van der Waals surface area contributed by atoms with Gasteiger partial charge in [-0.2, -0.15) is 11.8 Å². The number of aromatic nitrogens is 2. The van der Waals surface area contributed by atoms with Crippen molar-refractivity contribution >= 4 is 17.7 Å². The summed E-state index contributed by atoms with van der Waals surface area (Å²) in [5.41, 5.74) is 1.66. The molecule has 0 atom stereocenters. The summed E-state index contributed by atoms with van der Waals surface area (Å²) >= 11 is 1.95. The fourth-order valence-electron chi connectivity index (χ4n) is 1.84. The number of anilines is 1. The van der Waals surface area contributed by atoms with Crippen molar-refractivity contribution in [2.24, 2.45) is 0 Å². The van der Waals surface area contributed by atoms with Gasteiger partial charge in [0.1, 0.15) is 0 Å². The molecule has 16 heavy (non-hydrogen) atoms. The van der Waals surface area contributed by atoms with Crippen LogP contribution in [0.15, 0.2) is 4.79 Å². The standard InChI is InChI=1S/C11H17N3OS/c1-3-9-8(2)10(15)13-11(12-9)14-4-6-16-7-5-14/h3-7H2,1-2H3,(H,12,13,15). The van der Waals surface area contributed by atoms with Crippen LogP contribution in [0.3, 0.4) is 0 Å². The Labute approximate surface area is 99.5 Å². The zero-order valence-corrected chi connectivity index (χ0v) is 10.6. The Kier molecular flexibility index (Phi) is 3.53. The van der Waals surface area contributed by atoms with E-state index < -0.39 is 0 Å². The molecule has 4 nitrogen and oxygen atoms in total. The van der Waals surface area contributed by atoms with Gasteiger partial charge in [-0.1, -0.05) is 6.92 Å². The van der Waals surface area contributed by atoms with E-state index in [4.69, 9.17) is 0 Å². The van der Waals surface area contributed by atoms with E-state index in [1.54, 1.807) is 0 Å². The molecule has 1 aromatic heterocycles. The average molecular weight is 239 g/mol. The van der Waals surface area contributed by atoms with Gasteiger partial charge in [-0.15, -0.1) is 0 Å². The number of aryl methyl sites for hydroxylation is 1. The molecule has 1 saturated heterocycles. The second-order valence-corrected chi connectivity index (χ2v) is 5.14. The Morgan fingerprint density at radius 2 is 2.12 bits per heavy atom. The van der Waals surface area contributed by atoms with Gasteiger partial charge in [-0.25, -0.2) is 4.98 Å². The van der Waals surface area contributed by atoms with E-state index in [9.17, 15) is 4.79 Å². The molecule has 5 heteroatoms. The van der Waals surface area contributed by atoms with Crippen LogP contribution in [0.2, 0.25) is 0 Å². The van der Waals surface area contributed by atoms with Crippen molar-refractivity contribution in [2.45, 2.75) is 20.3 Å². The normalized spacial score (nSPS) is 16.5. The summed E-state index contributed by atoms with van der Waals surface area (Å²) in [5.74, 6) is 2.96. The molecule has 0 amide bonds. The Morgan fingerprint density at radius 1 is 1.44 bits per heavy atom. The molecular formula is C11H17N3OS. The highest BCUT2D eigenvalue weighted by atomic mass is 32.2. The van der Waals surface area contributed by atoms with Gasteiger partial charge in [-0.05, 0) is 13.3 Å². The van der Waals surface area contributed by atoms with E-state index in [1.807, 2.05) is 25.6 Å². The molecule has 2 rings (SSSR count). The number of hydrogen-bond donors (Lipinski definition) is 1. The SMILES string of the molecule is CCc1nc(N2CCSCC2)[nH]c(=O)c1C. The Hall–Kier alpha value is -0.970. The van der Waals surface area contributed by atoms with Crippen molar-refractivity contribution in [3.05, 3.63) is 21.6 Å². The average Bonchev–Trinajstić information content (AvgIpc) is 2.33. The van der Waals surface area contributed by atoms with Gasteiger partial charge in [0.15, 0.2) is 0 Å². The minimum Gasteiger partial charge on any atom is -0.341 e. The van der Waals surface area contributed by atoms with Crippen LogP contribution in [0.1, 0.15) is 18.2 Å². The van der Waals surface area contributed by atoms with Crippen molar-refractivity contribution in [3.8, 4) is 0 Å². The third kappa shape index (κ3) is 2.24. The number of rotatable bonds is 2. The molecule has 1 N–H and O–H groups in total. The molecule has 0 aliphatic carbocycles. The van der Waals surface area contributed by atoms with E-state index in [0.717, 1.165) is 48.2 Å². The zero-order chi connectivity index (χ0) is 11.5. The number of H-pyrrole nitrogens is 1. The highest BCUT2D eigenvalue weighted by molar-refractivity contribution is 7.99. The van der Waals surface area contributed by atoms with Crippen molar-refractivity contribution in [1.82, 2.24) is 9.97 Å². The van der Waals surface area contributed by atoms with Gasteiger partial charge in [0.2, 0.25) is 5.95 Å². The number of aromatic amines is 1. The molecule has 0 bridgehead atoms. The maximum absolute atomic E-state index is 11.7. The van der Waals surface area contributed by atoms with E-state index >= 15 is 0 Å². The van der Waals surface area contributed by atoms with Gasteiger partial charge >= 0.3 is 0 Å². The number of nitrogens with zero attached hydrogens (tertiary/aromatic N) is 2. The van der Waals surface area contributed by atoms with Crippen LogP contribution in [0.5, 0.6) is 0 Å². The summed E-state index contributed by atoms with van der Waals surface area (Å²) in [4.78, 5) is 21.3. The van der Waals surface area contributed by atoms with Gasteiger partial charge in [0, 0.05) is 30.2 Å². The van der Waals surface area contributed by atoms with Gasteiger partial charge in [0.05, 0.1) is 5.69 Å². The Bertz CT molecular complexity index is 424. The van der Waals surface area contributed by atoms with Crippen molar-refractivity contribution < 1.29 is 0 Å². The van der Waals surface area contributed by atoms with Crippen LogP contribution < -0.4 is 10.5 Å². The summed E-state index contributed by atoms with van der Waals surface area (Å²) in [7, 11) is 0. The van der Waals surface area contributed by atoms with Crippen LogP contribution in [-0.4, -0.2) is 34.6 Å². The minimum absolute atomic E-state index is 0.0000709. The molecule has 0 unspecified atom stereocenters. The Morgan fingerprint density at radius 3 is 2.75 bits per heavy atom. The largest absolute Gasteiger partial charge is 0.341 e. The van der Waals surface area contributed by atoms with E-state index in [1.165, 1.54) is 0 Å². The quantitative estimate of drug-likeness (QED) is 0.842. The van der Waals surface area contributed by atoms with Gasteiger partial charge in [-0.3, -0.25) is 9.78 Å². The summed E-state index contributed by atoms with van der Waals surface area (Å²) in [6, 6.07) is 0. The van der Waals surface area contributed by atoms with E-state index in [-0.39, 0.29) is 5.56 Å². The minimum atomic E-state index is 0.0000709. The molecule has 88 valence electrons. The second-order valence-electron chi connectivity index (χ2n) is 3.91. The maximum atomic E-state index is 11.7. The van der Waals surface area contributed by atoms with Crippen LogP contribution in [0, 0.1) is 6.92 Å². The van der Waals surface area contributed by atoms with Crippen molar-refractivity contribution in [2.75, 3.05) is 29.5 Å². The third-order valence-electron chi connectivity index (χ3n) is 2.89. The smallest absolute Gasteiger partial charge is 0.255 e. The van der Waals surface area contributed by atoms with Crippen LogP contribution in [0.25, 0.3) is 0 Å². The molecule has 0 radical (unpaired) electrons. The summed E-state index contributed by atoms with van der Waals surface area (Å²) in [6.07, 6.45) is 0.811. The zero-order valence-electron chi connectivity index (χ0n) is 9.75. The molecular weight excluding hydrogens is 222 g/mol. The van der Waals surface area contributed by atoms with E-state index in [2.05, 4.69) is 14.9 Å². The molecule has 1 aromatic rings. The van der Waals surface area contributed by atoms with Crippen molar-refractivity contribution in [3.63, 3.8) is 0 Å². The van der Waals surface area contributed by atoms with Crippen molar-refractivity contribution in [1.29, 1.82) is 0 Å². The van der Waals surface area contributed by atoms with Crippen LogP contribution in [-0.2, 0) is 6.42 Å². The third-order valence-corrected chi connectivity index (χ3v) is 3.83. The first kappa shape index (κ1) is 11.5. The lowest BCUT2D eigenvalue weighted by Gasteiger charge is -2.27. The monoisotopic (exact) mass is 239 g/mol. The lowest BCUT2D eigenvalue weighted by atomic mass is 10.2. The lowest BCUT2D eigenvalue weighted by Crippen LogP contribution is -2.35. The number of thioether (sulfide) groups is 1. The van der Waals surface area contributed by atoms with Crippen LogP contribution in [0.4, 0.5) is 5.95 Å². The first-order chi connectivity index (χ1) is 7.72. The first-order valence-electron chi connectivity index (χ1n) is 5.65.